The highest BCUT2D eigenvalue weighted by Crippen LogP contribution is 2.00. The minimum Gasteiger partial charge on any atom is -0.461 e. The highest BCUT2D eigenvalue weighted by atomic mass is 16.5. The monoisotopic (exact) mass is 334 g/mol. The zero-order chi connectivity index (χ0) is 17.9. The Morgan fingerprint density at radius 3 is 1.46 bits per heavy atom. The first-order valence-corrected chi connectivity index (χ1v) is 8.53. The summed E-state index contributed by atoms with van der Waals surface area (Å²) in [5.74, 6) is -0.773. The molecule has 0 aliphatic carbocycles. The van der Waals surface area contributed by atoms with Crippen molar-refractivity contribution in [2.45, 2.75) is 51.4 Å². The molecular formula is C20H30O4. The van der Waals surface area contributed by atoms with Crippen LogP contribution in [0.3, 0.4) is 0 Å². The summed E-state index contributed by atoms with van der Waals surface area (Å²) < 4.78 is 10.0. The van der Waals surface area contributed by atoms with E-state index >= 15 is 0 Å². The van der Waals surface area contributed by atoms with E-state index in [2.05, 4.69) is 13.2 Å². The number of hydrogen-bond donors (Lipinski definition) is 0. The maximum Gasteiger partial charge on any atom is 0.306 e. The van der Waals surface area contributed by atoms with Crippen molar-refractivity contribution in [1.82, 2.24) is 0 Å². The molecule has 0 saturated heterocycles. The van der Waals surface area contributed by atoms with Gasteiger partial charge in [0.25, 0.3) is 0 Å². The van der Waals surface area contributed by atoms with Gasteiger partial charge in [0, 0.05) is 0 Å². The van der Waals surface area contributed by atoms with Crippen LogP contribution in [-0.2, 0) is 19.1 Å². The van der Waals surface area contributed by atoms with Crippen LogP contribution < -0.4 is 0 Å². The van der Waals surface area contributed by atoms with E-state index in [4.69, 9.17) is 9.47 Å². The number of esters is 2. The summed E-state index contributed by atoms with van der Waals surface area (Å²) in [6.07, 6.45) is 17.4. The Kier molecular flexibility index (Phi) is 15.7. The van der Waals surface area contributed by atoms with Gasteiger partial charge in [-0.2, -0.15) is 0 Å². The maximum atomic E-state index is 11.5. The van der Waals surface area contributed by atoms with Gasteiger partial charge < -0.3 is 9.47 Å². The molecule has 0 N–H and O–H groups in total. The van der Waals surface area contributed by atoms with Gasteiger partial charge in [-0.05, 0) is 38.5 Å². The molecule has 0 aromatic carbocycles. The fraction of sp³-hybridized carbons (Fsp3) is 0.500. The Hall–Kier alpha value is -2.10. The second-order valence-corrected chi connectivity index (χ2v) is 5.25. The average molecular weight is 334 g/mol. The van der Waals surface area contributed by atoms with Gasteiger partial charge in [0.05, 0.1) is 12.8 Å². The number of carbonyl (C=O) groups excluding carboxylic acids is 2. The van der Waals surface area contributed by atoms with Crippen molar-refractivity contribution in [2.75, 3.05) is 13.2 Å². The van der Waals surface area contributed by atoms with E-state index in [9.17, 15) is 9.59 Å². The highest BCUT2D eigenvalue weighted by Gasteiger charge is 2.07. The van der Waals surface area contributed by atoms with Crippen molar-refractivity contribution in [2.24, 2.45) is 0 Å². The van der Waals surface area contributed by atoms with E-state index in [0.717, 1.165) is 38.5 Å². The molecule has 0 aliphatic rings. The van der Waals surface area contributed by atoms with Crippen LogP contribution >= 0.6 is 0 Å². The Morgan fingerprint density at radius 1 is 0.667 bits per heavy atom. The molecule has 0 aromatic rings. The second kappa shape index (κ2) is 17.3. The Balaban J connectivity index is 3.55. The molecule has 0 amide bonds. The number of hydrogen-bond acceptors (Lipinski definition) is 4. The molecule has 0 radical (unpaired) electrons. The van der Waals surface area contributed by atoms with Crippen molar-refractivity contribution in [3.63, 3.8) is 0 Å². The Labute approximate surface area is 145 Å². The van der Waals surface area contributed by atoms with Crippen LogP contribution in [0.2, 0.25) is 0 Å². The van der Waals surface area contributed by atoms with Crippen LogP contribution in [0.15, 0.2) is 49.6 Å². The predicted molar refractivity (Wildman–Crippen MR) is 97.5 cm³/mol. The largest absolute Gasteiger partial charge is 0.461 e. The van der Waals surface area contributed by atoms with Gasteiger partial charge in [-0.15, -0.1) is 13.2 Å². The summed E-state index contributed by atoms with van der Waals surface area (Å²) >= 11 is 0. The lowest BCUT2D eigenvalue weighted by molar-refractivity contribution is -0.149. The molecule has 0 spiro atoms. The number of ether oxygens (including phenoxy) is 2. The lowest BCUT2D eigenvalue weighted by Gasteiger charge is -2.02. The Morgan fingerprint density at radius 2 is 1.08 bits per heavy atom. The van der Waals surface area contributed by atoms with Crippen LogP contribution in [0.5, 0.6) is 0 Å². The fourth-order valence-corrected chi connectivity index (χ4v) is 1.76. The fourth-order valence-electron chi connectivity index (χ4n) is 1.76. The zero-order valence-electron chi connectivity index (χ0n) is 14.6. The van der Waals surface area contributed by atoms with Crippen molar-refractivity contribution < 1.29 is 19.1 Å². The summed E-state index contributed by atoms with van der Waals surface area (Å²) in [4.78, 5) is 22.9. The molecule has 24 heavy (non-hydrogen) atoms. The normalized spacial score (nSPS) is 10.8. The van der Waals surface area contributed by atoms with E-state index in [1.54, 1.807) is 0 Å². The molecule has 0 bridgehead atoms. The lowest BCUT2D eigenvalue weighted by Crippen LogP contribution is -2.10. The third kappa shape index (κ3) is 16.3. The van der Waals surface area contributed by atoms with Gasteiger partial charge in [-0.1, -0.05) is 36.5 Å². The summed E-state index contributed by atoms with van der Waals surface area (Å²) in [6, 6.07) is 0. The summed E-state index contributed by atoms with van der Waals surface area (Å²) in [5.41, 5.74) is 0. The minimum atomic E-state index is -0.386. The summed E-state index contributed by atoms with van der Waals surface area (Å²) in [7, 11) is 0. The van der Waals surface area contributed by atoms with Crippen molar-refractivity contribution in [1.29, 1.82) is 0 Å². The molecule has 0 aromatic heterocycles. The standard InChI is InChI=1S/C20H30O4/c1-3-5-7-9-11-13-17-23-19(21)15-16-20(22)24-18-14-12-10-8-6-4-2/h3-4,11-14H,1-2,5-10,15-18H2/b13-11+,14-12+. The summed E-state index contributed by atoms with van der Waals surface area (Å²) in [6.45, 7) is 7.80. The molecule has 0 aliphatic heterocycles. The molecule has 4 heteroatoms. The van der Waals surface area contributed by atoms with Crippen LogP contribution in [0.25, 0.3) is 0 Å². The molecule has 0 unspecified atom stereocenters. The van der Waals surface area contributed by atoms with Gasteiger partial charge in [0.15, 0.2) is 0 Å². The molecule has 4 nitrogen and oxygen atoms in total. The van der Waals surface area contributed by atoms with Crippen molar-refractivity contribution in [3.05, 3.63) is 49.6 Å². The molecule has 0 atom stereocenters. The van der Waals surface area contributed by atoms with Crippen LogP contribution in [-0.4, -0.2) is 25.2 Å². The molecule has 0 saturated carbocycles. The number of carbonyl (C=O) groups is 2. The van der Waals surface area contributed by atoms with Crippen LogP contribution in [0.4, 0.5) is 0 Å². The predicted octanol–water partition coefficient (Wildman–Crippen LogP) is 4.68. The van der Waals surface area contributed by atoms with Gasteiger partial charge in [-0.25, -0.2) is 0 Å². The van der Waals surface area contributed by atoms with E-state index in [1.165, 1.54) is 0 Å². The molecule has 0 heterocycles. The van der Waals surface area contributed by atoms with Gasteiger partial charge in [0.2, 0.25) is 0 Å². The first kappa shape index (κ1) is 21.9. The SMILES string of the molecule is C=CCCC/C=C/COC(=O)CCC(=O)OC/C=C/CCCC=C. The molecule has 0 rings (SSSR count). The summed E-state index contributed by atoms with van der Waals surface area (Å²) in [5, 5.41) is 0. The van der Waals surface area contributed by atoms with E-state index < -0.39 is 0 Å². The lowest BCUT2D eigenvalue weighted by atomic mass is 10.2. The second-order valence-electron chi connectivity index (χ2n) is 5.25. The Bertz CT molecular complexity index is 381. The molecular weight excluding hydrogens is 304 g/mol. The third-order valence-electron chi connectivity index (χ3n) is 3.11. The number of allylic oxidation sites excluding steroid dienone is 4. The first-order valence-electron chi connectivity index (χ1n) is 8.53. The average Bonchev–Trinajstić information content (AvgIpc) is 2.58. The quantitative estimate of drug-likeness (QED) is 0.248. The number of unbranched alkanes of at least 4 members (excludes halogenated alkanes) is 4. The minimum absolute atomic E-state index is 0.0478. The highest BCUT2D eigenvalue weighted by molar-refractivity contribution is 5.77. The molecule has 134 valence electrons. The van der Waals surface area contributed by atoms with E-state index in [0.29, 0.717) is 0 Å². The number of rotatable bonds is 15. The topological polar surface area (TPSA) is 52.6 Å². The van der Waals surface area contributed by atoms with Crippen molar-refractivity contribution in [3.8, 4) is 0 Å². The van der Waals surface area contributed by atoms with Gasteiger partial charge >= 0.3 is 11.9 Å². The molecule has 0 fully saturated rings. The van der Waals surface area contributed by atoms with Crippen LogP contribution in [0, 0.1) is 0 Å². The van der Waals surface area contributed by atoms with Crippen molar-refractivity contribution >= 4 is 11.9 Å². The van der Waals surface area contributed by atoms with Gasteiger partial charge in [0.1, 0.15) is 13.2 Å². The maximum absolute atomic E-state index is 11.5. The van der Waals surface area contributed by atoms with Crippen LogP contribution in [0.1, 0.15) is 51.4 Å². The zero-order valence-corrected chi connectivity index (χ0v) is 14.6. The van der Waals surface area contributed by atoms with E-state index in [1.807, 2.05) is 36.5 Å². The van der Waals surface area contributed by atoms with Gasteiger partial charge in [-0.3, -0.25) is 9.59 Å². The van der Waals surface area contributed by atoms with E-state index in [-0.39, 0.29) is 38.0 Å². The smallest absolute Gasteiger partial charge is 0.306 e. The first-order chi connectivity index (χ1) is 11.7. The third-order valence-corrected chi connectivity index (χ3v) is 3.11.